The Balaban J connectivity index is 0.000000166. The highest BCUT2D eigenvalue weighted by Crippen LogP contribution is 2.24. The molecule has 0 bridgehead atoms. The molecule has 6 aromatic heterocycles. The van der Waals surface area contributed by atoms with Gasteiger partial charge in [-0.15, -0.1) is 0 Å². The Kier molecular flexibility index (Phi) is 35.8. The zero-order valence-corrected chi connectivity index (χ0v) is 72.9. The number of methoxy groups -OCH3 is 6. The van der Waals surface area contributed by atoms with Crippen LogP contribution in [0.25, 0.3) is 0 Å². The molecule has 0 unspecified atom stereocenters. The number of aromatic nitrogens is 18. The van der Waals surface area contributed by atoms with Gasteiger partial charge in [0.1, 0.15) is 17.2 Å². The molecule has 0 aliphatic heterocycles. The molecule has 18 N–H and O–H groups in total. The van der Waals surface area contributed by atoms with Gasteiger partial charge in [0, 0.05) is 71.6 Å². The van der Waals surface area contributed by atoms with Gasteiger partial charge in [0.05, 0.1) is 42.7 Å². The van der Waals surface area contributed by atoms with Crippen LogP contribution in [-0.2, 0) is 0 Å². The number of hydrogen-bond donors (Lipinski definition) is 15. The minimum Gasteiger partial charge on any atom is -0.497 e. The predicted octanol–water partition coefficient (Wildman–Crippen LogP) is 11.2. The van der Waals surface area contributed by atoms with E-state index in [-0.39, 0.29) is 113 Å². The van der Waals surface area contributed by atoms with Crippen molar-refractivity contribution in [3.8, 4) is 35.3 Å². The average molecular weight is 1800 g/mol. The highest BCUT2D eigenvalue weighted by molar-refractivity contribution is 6.06. The van der Waals surface area contributed by atoms with E-state index in [9.17, 15) is 28.8 Å². The molecular weight excluding hydrogens is 1710 g/mol. The number of aryl methyl sites for hydroxylation is 1. The van der Waals surface area contributed by atoms with Gasteiger partial charge in [0.15, 0.2) is 0 Å². The number of nitrogen functional groups attached to an aromatic ring is 3. The fraction of sp³-hybridized carbons (Fsp3) is 0.114. The zero-order chi connectivity index (χ0) is 94.8. The number of nitrogens with two attached hydrogens (primary N) is 3. The molecule has 678 valence electrons. The second-order valence-corrected chi connectivity index (χ2v) is 26.2. The van der Waals surface area contributed by atoms with Gasteiger partial charge in [-0.05, 0) is 146 Å². The van der Waals surface area contributed by atoms with E-state index in [0.29, 0.717) is 74.4 Å². The molecule has 0 aliphatic rings. The van der Waals surface area contributed by atoms with Crippen molar-refractivity contribution in [3.05, 3.63) is 288 Å². The Hall–Kier alpha value is -19.1. The van der Waals surface area contributed by atoms with E-state index in [0.717, 1.165) is 22.6 Å². The first-order valence-corrected chi connectivity index (χ1v) is 39.4. The summed E-state index contributed by atoms with van der Waals surface area (Å²) < 4.78 is 29.8. The standard InChI is InChI=1S/C18H18N6O.C17H16N6O.C17H15N5O2.C12H14N6O2.2C12H13N5O3/c1-12-7-6-8-13(11-12)15(25)21-18-23-16(19-2)22-17(24-18)20-14-9-4-3-5-10-14;1-18-15-21-16(19-13-10-6-3-7-11-13)23-17(22-15)20-14(24)12-8-4-2-5-9-12;1-24-17-21-15(18-13-10-6-3-7-11-13)20-16(22-17)19-14(23)12-8-4-2-5-9-12;1-14-11-16-10(13)17-12(18-11)15-9(19)7-3-5-8(20-2)6-4-7;1-19-8-5-3-7(4-6-8)9(18)14-11-15-10(13)16-12(17-11)20-2;1-19-8-5-3-4-7(6-8)9(18)14-11-15-10(13)16-12(17-11)20-2/h3-11H,1-2H3,(H3,19,20,21,22,23,24,25);2-11H,1H3,(H3,18,19,20,21,22,23,24);2-11H,1H3,(H2,18,19,20,21,22,23);3-6H,1-2H3,(H4,13,14,15,16,17,18,19);2*3-6H,1-2H3,(H3,13,14,15,16,17,18). The van der Waals surface area contributed by atoms with E-state index in [1.807, 2.05) is 122 Å². The number of carbonyl (C=O) groups excluding carboxylic acids is 6. The van der Waals surface area contributed by atoms with Gasteiger partial charge in [0.25, 0.3) is 35.4 Å². The summed E-state index contributed by atoms with van der Waals surface area (Å²) in [5.41, 5.74) is 22.8. The fourth-order valence-corrected chi connectivity index (χ4v) is 10.6. The van der Waals surface area contributed by atoms with Crippen molar-refractivity contribution in [3.63, 3.8) is 0 Å². The number of nitrogens with zero attached hydrogens (tertiary/aromatic N) is 18. The van der Waals surface area contributed by atoms with Crippen molar-refractivity contribution in [2.75, 3.05) is 145 Å². The van der Waals surface area contributed by atoms with E-state index in [4.69, 9.17) is 45.6 Å². The summed E-state index contributed by atoms with van der Waals surface area (Å²) in [6.45, 7) is 1.93. The summed E-state index contributed by atoms with van der Waals surface area (Å²) in [5.74, 6) is 2.37. The maximum atomic E-state index is 12.4. The van der Waals surface area contributed by atoms with Crippen LogP contribution >= 0.6 is 0 Å². The molecule has 45 nitrogen and oxygen atoms in total. The lowest BCUT2D eigenvalue weighted by molar-refractivity contribution is 0.101. The quantitative estimate of drug-likeness (QED) is 0.0227. The molecule has 0 saturated carbocycles. The number of nitrogens with one attached hydrogen (secondary N) is 12. The third kappa shape index (κ3) is 31.2. The van der Waals surface area contributed by atoms with Crippen LogP contribution in [0.1, 0.15) is 67.7 Å². The molecule has 6 heterocycles. The van der Waals surface area contributed by atoms with Crippen LogP contribution in [0.3, 0.4) is 0 Å². The van der Waals surface area contributed by atoms with Crippen LogP contribution in [0.15, 0.2) is 249 Å². The zero-order valence-electron chi connectivity index (χ0n) is 72.9. The van der Waals surface area contributed by atoms with Crippen molar-refractivity contribution in [1.29, 1.82) is 0 Å². The molecule has 133 heavy (non-hydrogen) atoms. The lowest BCUT2D eigenvalue weighted by Gasteiger charge is -2.09. The SMILES string of the molecule is CNc1nc(N)nc(NC(=O)c2ccc(OC)cc2)n1.CNc1nc(NC(=O)c2cccc(C)c2)nc(Nc2ccccc2)n1.CNc1nc(NC(=O)c2ccccc2)nc(Nc2ccccc2)n1.COc1ccc(C(=O)Nc2nc(N)nc(OC)n2)cc1.COc1cccc(C(=O)Nc2nc(N)nc(OC)n2)c1.COc1nc(NC(=O)c2ccccc2)nc(Nc2ccccc2)n1. The van der Waals surface area contributed by atoms with Crippen LogP contribution in [0, 0.1) is 6.92 Å². The maximum absolute atomic E-state index is 12.4. The van der Waals surface area contributed by atoms with Gasteiger partial charge >= 0.3 is 18.0 Å². The Bertz CT molecular complexity index is 6110. The number of para-hydroxylation sites is 3. The highest BCUT2D eigenvalue weighted by Gasteiger charge is 2.19. The van der Waals surface area contributed by atoms with E-state index >= 15 is 0 Å². The van der Waals surface area contributed by atoms with Crippen LogP contribution in [0.4, 0.5) is 106 Å². The van der Waals surface area contributed by atoms with Crippen LogP contribution < -0.4 is 109 Å². The summed E-state index contributed by atoms with van der Waals surface area (Å²) in [6.07, 6.45) is 0. The number of anilines is 18. The van der Waals surface area contributed by atoms with Crippen LogP contribution in [0.2, 0.25) is 0 Å². The molecule has 9 aromatic carbocycles. The summed E-state index contributed by atoms with van der Waals surface area (Å²) in [5, 5.41) is 33.2. The first kappa shape index (κ1) is 96.1. The molecular formula is C88H89N33O12. The Labute approximate surface area is 759 Å². The molecule has 15 aromatic rings. The lowest BCUT2D eigenvalue weighted by atomic mass is 10.1. The average Bonchev–Trinajstić information content (AvgIpc) is 0.846. The molecule has 15 rings (SSSR count). The largest absolute Gasteiger partial charge is 0.497 e. The summed E-state index contributed by atoms with van der Waals surface area (Å²) in [6, 6.07) is 73.6. The third-order valence-electron chi connectivity index (χ3n) is 16.9. The highest BCUT2D eigenvalue weighted by atomic mass is 16.5. The molecule has 45 heteroatoms. The van der Waals surface area contributed by atoms with Crippen molar-refractivity contribution in [2.24, 2.45) is 0 Å². The van der Waals surface area contributed by atoms with Crippen molar-refractivity contribution < 1.29 is 57.2 Å². The molecule has 0 atom stereocenters. The van der Waals surface area contributed by atoms with Gasteiger partial charge in [-0.1, -0.05) is 115 Å². The van der Waals surface area contributed by atoms with Gasteiger partial charge in [-0.2, -0.15) is 89.7 Å². The topological polar surface area (TPSA) is 612 Å². The summed E-state index contributed by atoms with van der Waals surface area (Å²) in [7, 11) is 13.9. The van der Waals surface area contributed by atoms with Crippen molar-refractivity contribution in [2.45, 2.75) is 6.92 Å². The Morgan fingerprint density at radius 3 is 0.805 bits per heavy atom. The van der Waals surface area contributed by atoms with Gasteiger partial charge < -0.3 is 77.5 Å². The smallest absolute Gasteiger partial charge is 0.322 e. The molecule has 0 aliphatic carbocycles. The number of benzene rings is 9. The number of ether oxygens (including phenoxy) is 6. The summed E-state index contributed by atoms with van der Waals surface area (Å²) in [4.78, 5) is 145. The minimum absolute atomic E-state index is 0.0159. The normalized spacial score (nSPS) is 10.0. The first-order valence-electron chi connectivity index (χ1n) is 39.4. The molecule has 0 spiro atoms. The van der Waals surface area contributed by atoms with E-state index in [1.165, 1.54) is 28.4 Å². The van der Waals surface area contributed by atoms with E-state index < -0.39 is 5.91 Å². The van der Waals surface area contributed by atoms with Gasteiger partial charge in [0.2, 0.25) is 89.2 Å². The van der Waals surface area contributed by atoms with Crippen LogP contribution in [0.5, 0.6) is 35.3 Å². The van der Waals surface area contributed by atoms with Gasteiger partial charge in [-0.25, -0.2) is 0 Å². The number of amides is 6. The summed E-state index contributed by atoms with van der Waals surface area (Å²) >= 11 is 0. The lowest BCUT2D eigenvalue weighted by Crippen LogP contribution is -2.16. The molecule has 6 amide bonds. The Morgan fingerprint density at radius 2 is 0.466 bits per heavy atom. The monoisotopic (exact) mass is 1800 g/mol. The van der Waals surface area contributed by atoms with Gasteiger partial charge in [-0.3, -0.25) is 60.7 Å². The minimum atomic E-state index is -0.392. The predicted molar refractivity (Wildman–Crippen MR) is 500 cm³/mol. The third-order valence-corrected chi connectivity index (χ3v) is 16.9. The number of hydrogen-bond acceptors (Lipinski definition) is 39. The maximum Gasteiger partial charge on any atom is 0.322 e. The number of carbonyl (C=O) groups is 6. The second kappa shape index (κ2) is 49.5. The molecule has 0 fully saturated rings. The molecule has 0 radical (unpaired) electrons. The van der Waals surface area contributed by atoms with E-state index in [2.05, 4.69) is 154 Å². The fourth-order valence-electron chi connectivity index (χ4n) is 10.6. The second-order valence-electron chi connectivity index (χ2n) is 26.2. The van der Waals surface area contributed by atoms with E-state index in [1.54, 1.807) is 169 Å². The molecule has 0 saturated heterocycles. The van der Waals surface area contributed by atoms with Crippen molar-refractivity contribution in [1.82, 2.24) is 89.7 Å². The van der Waals surface area contributed by atoms with Crippen molar-refractivity contribution >= 4 is 142 Å². The Morgan fingerprint density at radius 1 is 0.226 bits per heavy atom. The van der Waals surface area contributed by atoms with Crippen LogP contribution in [-0.4, -0.2) is 189 Å². The number of rotatable bonds is 27. The first-order chi connectivity index (χ1) is 64.5.